The lowest BCUT2D eigenvalue weighted by Gasteiger charge is -2.36. The first-order valence-corrected chi connectivity index (χ1v) is 11.0. The number of nitrogens with one attached hydrogen (secondary N) is 1. The van der Waals surface area contributed by atoms with Crippen molar-refractivity contribution in [2.24, 2.45) is 16.7 Å². The normalized spacial score (nSPS) is 25.0. The van der Waals surface area contributed by atoms with Gasteiger partial charge in [-0.25, -0.2) is 18.0 Å². The van der Waals surface area contributed by atoms with E-state index in [2.05, 4.69) is 14.2 Å². The summed E-state index contributed by atoms with van der Waals surface area (Å²) in [4.78, 5) is 36.5. The van der Waals surface area contributed by atoms with Gasteiger partial charge in [0.05, 0.1) is 42.2 Å². The second kappa shape index (κ2) is 7.12. The quantitative estimate of drug-likeness (QED) is 0.699. The Morgan fingerprint density at radius 1 is 1.10 bits per heavy atom. The Balaban J connectivity index is 1.93. The van der Waals surface area contributed by atoms with Crippen LogP contribution in [0.15, 0.2) is 18.2 Å². The molecule has 29 heavy (non-hydrogen) atoms. The summed E-state index contributed by atoms with van der Waals surface area (Å²) >= 11 is 0. The minimum atomic E-state index is -3.94. The molecular formula is C20H25NO7S. The number of rotatable bonds is 6. The van der Waals surface area contributed by atoms with Crippen molar-refractivity contribution in [1.82, 2.24) is 0 Å². The van der Waals surface area contributed by atoms with Gasteiger partial charge in [-0.3, -0.25) is 9.52 Å². The molecule has 8 nitrogen and oxygen atoms in total. The molecule has 0 radical (unpaired) electrons. The molecule has 0 spiro atoms. The minimum absolute atomic E-state index is 0.00414. The monoisotopic (exact) mass is 423 g/mol. The predicted molar refractivity (Wildman–Crippen MR) is 105 cm³/mol. The largest absolute Gasteiger partial charge is 0.465 e. The van der Waals surface area contributed by atoms with E-state index >= 15 is 0 Å². The highest BCUT2D eigenvalue weighted by atomic mass is 32.2. The highest BCUT2D eigenvalue weighted by molar-refractivity contribution is 7.92. The van der Waals surface area contributed by atoms with Crippen molar-refractivity contribution in [3.63, 3.8) is 0 Å². The van der Waals surface area contributed by atoms with Gasteiger partial charge in [0.15, 0.2) is 0 Å². The summed E-state index contributed by atoms with van der Waals surface area (Å²) in [7, 11) is -1.58. The van der Waals surface area contributed by atoms with Crippen molar-refractivity contribution < 1.29 is 32.3 Å². The lowest BCUT2D eigenvalue weighted by atomic mass is 9.70. The van der Waals surface area contributed by atoms with Crippen LogP contribution in [0, 0.1) is 16.7 Å². The van der Waals surface area contributed by atoms with Gasteiger partial charge in [0.1, 0.15) is 5.78 Å². The number of anilines is 1. The standard InChI is InChI=1S/C20H25NO7S/c1-19(2)14-5-6-20(19,16(22)10-14)11-29(25,26)21-15-8-12(17(23)27-3)7-13(9-15)18(24)28-4/h7-9,14,21H,5-6,10-11H2,1-4H3/t14-,20+/m1/s1. The molecular weight excluding hydrogens is 398 g/mol. The van der Waals surface area contributed by atoms with Crippen LogP contribution >= 0.6 is 0 Å². The van der Waals surface area contributed by atoms with Gasteiger partial charge in [0, 0.05) is 6.42 Å². The molecule has 0 aromatic heterocycles. The van der Waals surface area contributed by atoms with Crippen LogP contribution in [0.2, 0.25) is 0 Å². The number of ether oxygens (including phenoxy) is 2. The van der Waals surface area contributed by atoms with Gasteiger partial charge < -0.3 is 9.47 Å². The van der Waals surface area contributed by atoms with Crippen LogP contribution in [-0.2, 0) is 24.3 Å². The first-order valence-electron chi connectivity index (χ1n) is 9.31. The fourth-order valence-electron chi connectivity index (χ4n) is 4.81. The minimum Gasteiger partial charge on any atom is -0.465 e. The third-order valence-electron chi connectivity index (χ3n) is 6.62. The van der Waals surface area contributed by atoms with Gasteiger partial charge in [-0.2, -0.15) is 0 Å². The fourth-order valence-corrected chi connectivity index (χ4v) is 6.68. The summed E-state index contributed by atoms with van der Waals surface area (Å²) < 4.78 is 37.7. The number of Topliss-reactive ketones (excluding diaryl/α,β-unsaturated/α-hetero) is 1. The first kappa shape index (κ1) is 21.3. The zero-order valence-electron chi connectivity index (χ0n) is 16.9. The maximum absolute atomic E-state index is 13.0. The number of methoxy groups -OCH3 is 2. The van der Waals surface area contributed by atoms with E-state index < -0.39 is 32.8 Å². The predicted octanol–water partition coefficient (Wildman–Crippen LogP) is 2.40. The molecule has 3 rings (SSSR count). The van der Waals surface area contributed by atoms with Crippen molar-refractivity contribution >= 4 is 33.4 Å². The fraction of sp³-hybridized carbons (Fsp3) is 0.550. The molecule has 158 valence electrons. The Morgan fingerprint density at radius 3 is 2.07 bits per heavy atom. The van der Waals surface area contributed by atoms with Crippen LogP contribution in [0.25, 0.3) is 0 Å². The number of carbonyl (C=O) groups is 3. The topological polar surface area (TPSA) is 116 Å². The summed E-state index contributed by atoms with van der Waals surface area (Å²) in [5, 5.41) is 0. The number of hydrogen-bond acceptors (Lipinski definition) is 7. The Hall–Kier alpha value is -2.42. The van der Waals surface area contributed by atoms with Crippen LogP contribution in [0.5, 0.6) is 0 Å². The van der Waals surface area contributed by atoms with Crippen LogP contribution in [0.3, 0.4) is 0 Å². The molecule has 2 saturated carbocycles. The van der Waals surface area contributed by atoms with E-state index in [0.717, 1.165) is 6.42 Å². The lowest BCUT2D eigenvalue weighted by Crippen LogP contribution is -2.43. The number of benzene rings is 1. The van der Waals surface area contributed by atoms with Crippen LogP contribution < -0.4 is 4.72 Å². The summed E-state index contributed by atoms with van der Waals surface area (Å²) in [5.41, 5.74) is -1.28. The molecule has 1 aromatic carbocycles. The van der Waals surface area contributed by atoms with Crippen molar-refractivity contribution in [1.29, 1.82) is 0 Å². The average Bonchev–Trinajstić information content (AvgIpc) is 2.99. The van der Waals surface area contributed by atoms with E-state index in [1.807, 2.05) is 13.8 Å². The van der Waals surface area contributed by atoms with Gasteiger partial charge in [0.25, 0.3) is 0 Å². The van der Waals surface area contributed by atoms with Gasteiger partial charge in [-0.15, -0.1) is 0 Å². The molecule has 2 bridgehead atoms. The van der Waals surface area contributed by atoms with Gasteiger partial charge in [-0.1, -0.05) is 13.8 Å². The Morgan fingerprint density at radius 2 is 1.66 bits per heavy atom. The van der Waals surface area contributed by atoms with Crippen LogP contribution in [0.1, 0.15) is 53.8 Å². The molecule has 0 aliphatic heterocycles. The number of sulfonamides is 1. The highest BCUT2D eigenvalue weighted by Gasteiger charge is 2.65. The van der Waals surface area contributed by atoms with E-state index in [1.54, 1.807) is 0 Å². The third-order valence-corrected chi connectivity index (χ3v) is 8.04. The maximum Gasteiger partial charge on any atom is 0.337 e. The van der Waals surface area contributed by atoms with E-state index in [0.29, 0.717) is 12.8 Å². The molecule has 2 fully saturated rings. The molecule has 2 atom stereocenters. The van der Waals surface area contributed by atoms with Gasteiger partial charge in [0.2, 0.25) is 10.0 Å². The molecule has 2 aliphatic carbocycles. The van der Waals surface area contributed by atoms with E-state index in [4.69, 9.17) is 0 Å². The molecule has 9 heteroatoms. The Kier molecular flexibility index (Phi) is 5.23. The van der Waals surface area contributed by atoms with Crippen molar-refractivity contribution in [3.05, 3.63) is 29.3 Å². The van der Waals surface area contributed by atoms with Crippen LogP contribution in [0.4, 0.5) is 5.69 Å². The second-order valence-corrected chi connectivity index (χ2v) is 10.0. The SMILES string of the molecule is COC(=O)c1cc(NS(=O)(=O)C[C@@]23CC[C@H](CC2=O)C3(C)C)cc(C(=O)OC)c1. The zero-order chi connectivity index (χ0) is 21.6. The molecule has 0 unspecified atom stereocenters. The van der Waals surface area contributed by atoms with Crippen LogP contribution in [-0.4, -0.2) is 46.1 Å². The van der Waals surface area contributed by atoms with Gasteiger partial charge >= 0.3 is 11.9 Å². The number of hydrogen-bond donors (Lipinski definition) is 1. The lowest BCUT2D eigenvalue weighted by molar-refractivity contribution is -0.128. The Bertz CT molecular complexity index is 948. The number of ketones is 1. The van der Waals surface area contributed by atoms with E-state index in [9.17, 15) is 22.8 Å². The first-order chi connectivity index (χ1) is 13.5. The number of esters is 2. The highest BCUT2D eigenvalue weighted by Crippen LogP contribution is 2.64. The van der Waals surface area contributed by atoms with Crippen molar-refractivity contribution in [2.45, 2.75) is 33.1 Å². The molecule has 0 amide bonds. The van der Waals surface area contributed by atoms with Crippen molar-refractivity contribution in [2.75, 3.05) is 24.7 Å². The molecule has 1 N–H and O–H groups in total. The second-order valence-electron chi connectivity index (χ2n) is 8.31. The third kappa shape index (κ3) is 3.52. The zero-order valence-corrected chi connectivity index (χ0v) is 17.7. The summed E-state index contributed by atoms with van der Waals surface area (Å²) in [6.07, 6.45) is 1.78. The van der Waals surface area contributed by atoms with E-state index in [1.165, 1.54) is 32.4 Å². The Labute approximate surface area is 170 Å². The average molecular weight is 423 g/mol. The smallest absolute Gasteiger partial charge is 0.337 e. The number of fused-ring (bicyclic) bond motifs is 2. The molecule has 0 saturated heterocycles. The number of carbonyl (C=O) groups excluding carboxylic acids is 3. The summed E-state index contributed by atoms with van der Waals surface area (Å²) in [6.45, 7) is 3.91. The van der Waals surface area contributed by atoms with E-state index in [-0.39, 0.29) is 34.3 Å². The molecule has 0 heterocycles. The van der Waals surface area contributed by atoms with Crippen molar-refractivity contribution in [3.8, 4) is 0 Å². The summed E-state index contributed by atoms with van der Waals surface area (Å²) in [6, 6.07) is 3.83. The molecule has 2 aliphatic rings. The molecule has 1 aromatic rings. The van der Waals surface area contributed by atoms with Gasteiger partial charge in [-0.05, 0) is 42.4 Å². The summed E-state index contributed by atoms with van der Waals surface area (Å²) in [5.74, 6) is -1.60. The maximum atomic E-state index is 13.0.